The molecule has 0 N–H and O–H groups in total. The molecule has 30 heavy (non-hydrogen) atoms. The second-order valence-electron chi connectivity index (χ2n) is 6.59. The van der Waals surface area contributed by atoms with Gasteiger partial charge in [0.2, 0.25) is 0 Å². The summed E-state index contributed by atoms with van der Waals surface area (Å²) in [7, 11) is 1.81. The van der Waals surface area contributed by atoms with E-state index < -0.39 is 0 Å². The summed E-state index contributed by atoms with van der Waals surface area (Å²) in [6.07, 6.45) is 1.60. The lowest BCUT2D eigenvalue weighted by Crippen LogP contribution is -2.24. The van der Waals surface area contributed by atoms with Crippen LogP contribution in [0.1, 0.15) is 11.3 Å². The van der Waals surface area contributed by atoms with Crippen molar-refractivity contribution in [3.05, 3.63) is 80.7 Å². The van der Waals surface area contributed by atoms with E-state index >= 15 is 0 Å². The molecule has 1 aliphatic heterocycles. The molecule has 9 heteroatoms. The van der Waals surface area contributed by atoms with Crippen molar-refractivity contribution in [2.75, 3.05) is 5.75 Å². The summed E-state index contributed by atoms with van der Waals surface area (Å²) in [6.45, 7) is 1.83. The van der Waals surface area contributed by atoms with Crippen LogP contribution in [0.5, 0.6) is 0 Å². The molecule has 1 aliphatic rings. The second-order valence-corrected chi connectivity index (χ2v) is 8.45. The first-order valence-electron chi connectivity index (χ1n) is 9.13. The summed E-state index contributed by atoms with van der Waals surface area (Å²) in [4.78, 5) is 29.9. The van der Waals surface area contributed by atoms with Crippen molar-refractivity contribution in [2.45, 2.75) is 6.92 Å². The van der Waals surface area contributed by atoms with Gasteiger partial charge in [-0.15, -0.1) is 0 Å². The van der Waals surface area contributed by atoms with Gasteiger partial charge < -0.3 is 0 Å². The van der Waals surface area contributed by atoms with E-state index in [1.54, 1.807) is 15.6 Å². The number of thioether (sulfide) groups is 1. The number of para-hydroxylation sites is 1. The lowest BCUT2D eigenvalue weighted by Gasteiger charge is -2.08. The van der Waals surface area contributed by atoms with Gasteiger partial charge >= 0.3 is 0 Å². The lowest BCUT2D eigenvalue weighted by molar-refractivity contribution is -0.124. The molecule has 4 rings (SSSR count). The molecule has 1 fully saturated rings. The zero-order valence-corrected chi connectivity index (χ0v) is 18.7. The SMILES string of the molecule is Cc1c(N=C2SCC(=O)N2/N=C/c2ccc(Br)cc2)c(=O)n(-c2ccccc2)n1C. The number of hydrogen-bond donors (Lipinski definition) is 0. The van der Waals surface area contributed by atoms with Crippen LogP contribution < -0.4 is 5.56 Å². The number of carbonyl (C=O) groups excluding carboxylic acids is 1. The van der Waals surface area contributed by atoms with Crippen molar-refractivity contribution in [2.24, 2.45) is 17.1 Å². The topological polar surface area (TPSA) is 72.0 Å². The van der Waals surface area contributed by atoms with Crippen LogP contribution in [0.25, 0.3) is 5.69 Å². The van der Waals surface area contributed by atoms with Gasteiger partial charge in [-0.25, -0.2) is 9.67 Å². The van der Waals surface area contributed by atoms with E-state index in [2.05, 4.69) is 26.0 Å². The Hall–Kier alpha value is -2.91. The summed E-state index contributed by atoms with van der Waals surface area (Å²) in [5.74, 6) is 0.0546. The molecule has 0 radical (unpaired) electrons. The van der Waals surface area contributed by atoms with Crippen molar-refractivity contribution >= 4 is 50.7 Å². The largest absolute Gasteiger partial charge is 0.297 e. The smallest absolute Gasteiger partial charge is 0.283 e. The molecule has 0 saturated carbocycles. The highest BCUT2D eigenvalue weighted by molar-refractivity contribution is 9.10. The predicted octanol–water partition coefficient (Wildman–Crippen LogP) is 3.84. The van der Waals surface area contributed by atoms with Crippen molar-refractivity contribution in [3.63, 3.8) is 0 Å². The van der Waals surface area contributed by atoms with Crippen LogP contribution in [0.2, 0.25) is 0 Å². The molecule has 0 spiro atoms. The lowest BCUT2D eigenvalue weighted by atomic mass is 10.2. The third-order valence-electron chi connectivity index (χ3n) is 4.67. The standard InChI is InChI=1S/C21H18BrN5O2S/c1-14-19(20(29)27(25(14)2)17-6-4-3-5-7-17)24-21-26(18(28)13-30-21)23-12-15-8-10-16(22)11-9-15/h3-12H,13H2,1-2H3/b23-12+,24-21?. The number of aliphatic imine (C=N–C) groups is 1. The van der Waals surface area contributed by atoms with E-state index in [1.165, 1.54) is 16.8 Å². The molecule has 2 heterocycles. The predicted molar refractivity (Wildman–Crippen MR) is 124 cm³/mol. The maximum absolute atomic E-state index is 13.1. The minimum atomic E-state index is -0.245. The van der Waals surface area contributed by atoms with Gasteiger partial charge in [-0.05, 0) is 36.8 Å². The summed E-state index contributed by atoms with van der Waals surface area (Å²) < 4.78 is 4.28. The molecule has 1 saturated heterocycles. The first-order valence-corrected chi connectivity index (χ1v) is 10.9. The van der Waals surface area contributed by atoms with Gasteiger partial charge in [-0.2, -0.15) is 10.1 Å². The molecular weight excluding hydrogens is 466 g/mol. The van der Waals surface area contributed by atoms with Gasteiger partial charge in [0.15, 0.2) is 10.9 Å². The monoisotopic (exact) mass is 483 g/mol. The Labute approximate surface area is 185 Å². The van der Waals surface area contributed by atoms with Crippen LogP contribution in [0.3, 0.4) is 0 Å². The highest BCUT2D eigenvalue weighted by Crippen LogP contribution is 2.25. The average Bonchev–Trinajstić information content (AvgIpc) is 3.20. The van der Waals surface area contributed by atoms with Crippen LogP contribution in [-0.4, -0.2) is 37.4 Å². The summed E-state index contributed by atoms with van der Waals surface area (Å²) in [5.41, 5.74) is 2.35. The zero-order valence-electron chi connectivity index (χ0n) is 16.3. The highest BCUT2D eigenvalue weighted by Gasteiger charge is 2.29. The fraction of sp³-hybridized carbons (Fsp3) is 0.143. The number of benzene rings is 2. The maximum Gasteiger partial charge on any atom is 0.297 e. The second kappa shape index (κ2) is 8.45. The van der Waals surface area contributed by atoms with Gasteiger partial charge in [0.1, 0.15) is 0 Å². The van der Waals surface area contributed by atoms with E-state index in [0.717, 1.165) is 15.7 Å². The Morgan fingerprint density at radius 2 is 1.77 bits per heavy atom. The van der Waals surface area contributed by atoms with Gasteiger partial charge in [0, 0.05) is 11.5 Å². The number of nitrogens with zero attached hydrogens (tertiary/aromatic N) is 5. The fourth-order valence-electron chi connectivity index (χ4n) is 3.00. The third kappa shape index (κ3) is 3.90. The number of carbonyl (C=O) groups is 1. The number of hydrazone groups is 1. The number of amidine groups is 1. The van der Waals surface area contributed by atoms with E-state index in [9.17, 15) is 9.59 Å². The van der Waals surface area contributed by atoms with E-state index in [1.807, 2.05) is 68.6 Å². The van der Waals surface area contributed by atoms with Crippen LogP contribution in [-0.2, 0) is 11.8 Å². The number of halogens is 1. The number of rotatable bonds is 4. The van der Waals surface area contributed by atoms with E-state index in [-0.39, 0.29) is 17.2 Å². The molecule has 1 amide bonds. The van der Waals surface area contributed by atoms with E-state index in [0.29, 0.717) is 16.5 Å². The normalized spacial score (nSPS) is 15.6. The Morgan fingerprint density at radius 1 is 1.07 bits per heavy atom. The fourth-order valence-corrected chi connectivity index (χ4v) is 4.07. The molecule has 1 aromatic heterocycles. The molecule has 3 aromatic rings. The van der Waals surface area contributed by atoms with Crippen LogP contribution in [0.15, 0.2) is 74.0 Å². The molecule has 2 aromatic carbocycles. The van der Waals surface area contributed by atoms with E-state index in [4.69, 9.17) is 0 Å². The summed E-state index contributed by atoms with van der Waals surface area (Å²) in [6, 6.07) is 16.9. The quantitative estimate of drug-likeness (QED) is 0.529. The molecule has 0 atom stereocenters. The van der Waals surface area contributed by atoms with Gasteiger partial charge in [-0.1, -0.05) is 58.0 Å². The summed E-state index contributed by atoms with van der Waals surface area (Å²) in [5, 5.41) is 5.95. The number of amides is 1. The molecule has 0 bridgehead atoms. The van der Waals surface area contributed by atoms with Gasteiger partial charge in [0.05, 0.1) is 23.3 Å². The van der Waals surface area contributed by atoms with Gasteiger partial charge in [-0.3, -0.25) is 14.3 Å². The Morgan fingerprint density at radius 3 is 2.47 bits per heavy atom. The zero-order chi connectivity index (χ0) is 21.3. The Bertz CT molecular complexity index is 1210. The van der Waals surface area contributed by atoms with Crippen molar-refractivity contribution in [1.29, 1.82) is 0 Å². The molecule has 152 valence electrons. The molecule has 0 aliphatic carbocycles. The van der Waals surface area contributed by atoms with Crippen LogP contribution in [0.4, 0.5) is 5.69 Å². The van der Waals surface area contributed by atoms with Crippen molar-refractivity contribution < 1.29 is 4.79 Å². The van der Waals surface area contributed by atoms with Crippen LogP contribution >= 0.6 is 27.7 Å². The third-order valence-corrected chi connectivity index (χ3v) is 6.11. The Balaban J connectivity index is 1.71. The van der Waals surface area contributed by atoms with Crippen molar-refractivity contribution in [3.8, 4) is 5.69 Å². The average molecular weight is 484 g/mol. The molecule has 0 unspecified atom stereocenters. The Kier molecular flexibility index (Phi) is 5.74. The first kappa shape index (κ1) is 20.4. The number of aromatic nitrogens is 2. The maximum atomic E-state index is 13.1. The molecule has 7 nitrogen and oxygen atoms in total. The highest BCUT2D eigenvalue weighted by atomic mass is 79.9. The van der Waals surface area contributed by atoms with Crippen LogP contribution in [0, 0.1) is 6.92 Å². The van der Waals surface area contributed by atoms with Crippen molar-refractivity contribution in [1.82, 2.24) is 14.4 Å². The number of hydrogen-bond acceptors (Lipinski definition) is 5. The minimum Gasteiger partial charge on any atom is -0.283 e. The summed E-state index contributed by atoms with van der Waals surface area (Å²) >= 11 is 4.66. The first-order chi connectivity index (χ1) is 14.5. The minimum absolute atomic E-state index is 0.177. The molecular formula is C21H18BrN5O2S. The van der Waals surface area contributed by atoms with Gasteiger partial charge in [0.25, 0.3) is 11.5 Å².